The fourth-order valence-corrected chi connectivity index (χ4v) is 1.58. The van der Waals surface area contributed by atoms with Gasteiger partial charge in [-0.3, -0.25) is 9.48 Å². The maximum atomic E-state index is 11.6. The number of esters is 1. The van der Waals surface area contributed by atoms with Crippen LogP contribution in [0.5, 0.6) is 0 Å². The van der Waals surface area contributed by atoms with Crippen molar-refractivity contribution in [3.63, 3.8) is 0 Å². The molecule has 116 valence electrons. The molecule has 0 radical (unpaired) electrons. The lowest BCUT2D eigenvalue weighted by Gasteiger charge is -2.14. The van der Waals surface area contributed by atoms with E-state index in [2.05, 4.69) is 20.5 Å². The van der Waals surface area contributed by atoms with Gasteiger partial charge in [-0.05, 0) is 6.42 Å². The second-order valence-corrected chi connectivity index (χ2v) is 4.35. The number of carbonyl (C=O) groups is 3. The Morgan fingerprint density at radius 3 is 2.71 bits per heavy atom. The molecular formula is C12H18N4O5. The number of hydrogen-bond donors (Lipinski definition) is 3. The zero-order valence-electron chi connectivity index (χ0n) is 11.8. The fraction of sp³-hybridized carbons (Fsp3) is 0.500. The van der Waals surface area contributed by atoms with Gasteiger partial charge in [-0.25, -0.2) is 9.59 Å². The number of methoxy groups -OCH3 is 1. The first-order chi connectivity index (χ1) is 9.92. The molecule has 0 saturated heterocycles. The molecule has 9 heteroatoms. The average molecular weight is 298 g/mol. The monoisotopic (exact) mass is 298 g/mol. The number of aliphatic carboxylic acids is 1. The molecule has 0 spiro atoms. The summed E-state index contributed by atoms with van der Waals surface area (Å²) in [4.78, 5) is 33.6. The first-order valence-corrected chi connectivity index (χ1v) is 6.24. The second kappa shape index (κ2) is 7.88. The molecular weight excluding hydrogens is 280 g/mol. The Kier molecular flexibility index (Phi) is 6.18. The van der Waals surface area contributed by atoms with Crippen molar-refractivity contribution in [3.8, 4) is 0 Å². The molecule has 0 unspecified atom stereocenters. The Bertz CT molecular complexity index is 514. The molecule has 0 aliphatic rings. The predicted octanol–water partition coefficient (Wildman–Crippen LogP) is -0.374. The Morgan fingerprint density at radius 1 is 1.48 bits per heavy atom. The van der Waals surface area contributed by atoms with Gasteiger partial charge in [0.05, 0.1) is 13.3 Å². The second-order valence-electron chi connectivity index (χ2n) is 4.35. The molecule has 21 heavy (non-hydrogen) atoms. The van der Waals surface area contributed by atoms with Crippen molar-refractivity contribution >= 4 is 18.0 Å². The Balaban J connectivity index is 2.41. The van der Waals surface area contributed by atoms with E-state index in [1.807, 2.05) is 0 Å². The van der Waals surface area contributed by atoms with Crippen LogP contribution in [-0.2, 0) is 27.9 Å². The molecule has 3 N–H and O–H groups in total. The number of carboxylic acid groups (broad SMARTS) is 1. The minimum absolute atomic E-state index is 0.0394. The number of carbonyl (C=O) groups excluding carboxylic acids is 2. The topological polar surface area (TPSA) is 123 Å². The maximum absolute atomic E-state index is 11.6. The van der Waals surface area contributed by atoms with E-state index in [4.69, 9.17) is 5.11 Å². The number of ether oxygens (including phenoxy) is 1. The highest BCUT2D eigenvalue weighted by Gasteiger charge is 2.21. The summed E-state index contributed by atoms with van der Waals surface area (Å²) in [7, 11) is 2.96. The number of nitrogens with one attached hydrogen (secondary N) is 2. The van der Waals surface area contributed by atoms with Crippen molar-refractivity contribution in [1.82, 2.24) is 20.4 Å². The van der Waals surface area contributed by atoms with E-state index in [-0.39, 0.29) is 19.4 Å². The van der Waals surface area contributed by atoms with Crippen LogP contribution in [0.1, 0.15) is 18.4 Å². The van der Waals surface area contributed by atoms with Crippen molar-refractivity contribution < 1.29 is 24.2 Å². The van der Waals surface area contributed by atoms with Crippen LogP contribution in [0.2, 0.25) is 0 Å². The molecule has 1 aromatic heterocycles. The number of aromatic nitrogens is 2. The number of hydrogen-bond acceptors (Lipinski definition) is 5. The summed E-state index contributed by atoms with van der Waals surface area (Å²) in [5.41, 5.74) is 0.786. The maximum Gasteiger partial charge on any atom is 0.326 e. The lowest BCUT2D eigenvalue weighted by atomic mass is 10.1. The highest BCUT2D eigenvalue weighted by molar-refractivity contribution is 5.83. The molecule has 0 aliphatic heterocycles. The summed E-state index contributed by atoms with van der Waals surface area (Å²) in [6.07, 6.45) is 3.19. The first kappa shape index (κ1) is 16.5. The quantitative estimate of drug-likeness (QED) is 0.590. The van der Waals surface area contributed by atoms with Crippen molar-refractivity contribution in [3.05, 3.63) is 18.0 Å². The van der Waals surface area contributed by atoms with Crippen molar-refractivity contribution in [1.29, 1.82) is 0 Å². The highest BCUT2D eigenvalue weighted by atomic mass is 16.5. The zero-order chi connectivity index (χ0) is 15.8. The molecule has 1 aromatic rings. The molecule has 0 aromatic carbocycles. The average Bonchev–Trinajstić information content (AvgIpc) is 2.86. The normalized spacial score (nSPS) is 11.5. The largest absolute Gasteiger partial charge is 0.480 e. The number of aryl methyl sites for hydroxylation is 1. The smallest absolute Gasteiger partial charge is 0.326 e. The van der Waals surface area contributed by atoms with Crippen molar-refractivity contribution in [2.24, 2.45) is 7.05 Å². The third-order valence-electron chi connectivity index (χ3n) is 2.68. The van der Waals surface area contributed by atoms with Crippen LogP contribution < -0.4 is 10.6 Å². The molecule has 1 heterocycles. The number of carboxylic acids is 1. The van der Waals surface area contributed by atoms with Gasteiger partial charge in [-0.15, -0.1) is 0 Å². The standard InChI is InChI=1S/C12H18N4O5/c1-16-7-8(6-14-16)5-13-12(20)15-9(11(18)19)3-4-10(17)21-2/h6-7,9H,3-5H2,1-2H3,(H,18,19)(H2,13,15,20)/t9-/m0/s1. The SMILES string of the molecule is COC(=O)CC[C@H](NC(=O)NCc1cnn(C)c1)C(=O)O. The van der Waals surface area contributed by atoms with E-state index < -0.39 is 24.0 Å². The van der Waals surface area contributed by atoms with E-state index >= 15 is 0 Å². The van der Waals surface area contributed by atoms with Crippen LogP contribution in [0.4, 0.5) is 4.79 Å². The van der Waals surface area contributed by atoms with Crippen LogP contribution in [-0.4, -0.2) is 46.0 Å². The minimum atomic E-state index is -1.21. The van der Waals surface area contributed by atoms with E-state index in [0.29, 0.717) is 0 Å². The lowest BCUT2D eigenvalue weighted by Crippen LogP contribution is -2.46. The summed E-state index contributed by atoms with van der Waals surface area (Å²) >= 11 is 0. The number of urea groups is 1. The van der Waals surface area contributed by atoms with Gasteiger partial charge in [-0.2, -0.15) is 5.10 Å². The Labute approximate surface area is 121 Å². The van der Waals surface area contributed by atoms with Crippen LogP contribution in [0.15, 0.2) is 12.4 Å². The zero-order valence-corrected chi connectivity index (χ0v) is 11.8. The summed E-state index contributed by atoms with van der Waals surface area (Å²) in [6.45, 7) is 0.225. The highest BCUT2D eigenvalue weighted by Crippen LogP contribution is 2.00. The van der Waals surface area contributed by atoms with E-state index in [1.54, 1.807) is 24.1 Å². The molecule has 1 atom stereocenters. The van der Waals surface area contributed by atoms with Gasteiger partial charge in [0.25, 0.3) is 0 Å². The molecule has 0 aliphatic carbocycles. The summed E-state index contributed by atoms with van der Waals surface area (Å²) < 4.78 is 6.01. The molecule has 0 fully saturated rings. The van der Waals surface area contributed by atoms with Gasteiger partial charge in [0.2, 0.25) is 0 Å². The third kappa shape index (κ3) is 5.93. The van der Waals surface area contributed by atoms with Crippen LogP contribution in [0.3, 0.4) is 0 Å². The minimum Gasteiger partial charge on any atom is -0.480 e. The predicted molar refractivity (Wildman–Crippen MR) is 71.3 cm³/mol. The van der Waals surface area contributed by atoms with Gasteiger partial charge in [-0.1, -0.05) is 0 Å². The lowest BCUT2D eigenvalue weighted by molar-refractivity contribution is -0.142. The number of nitrogens with zero attached hydrogens (tertiary/aromatic N) is 2. The summed E-state index contributed by atoms with van der Waals surface area (Å²) in [6, 6.07) is -1.78. The summed E-state index contributed by atoms with van der Waals surface area (Å²) in [5, 5.41) is 17.7. The molecule has 9 nitrogen and oxygen atoms in total. The fourth-order valence-electron chi connectivity index (χ4n) is 1.58. The van der Waals surface area contributed by atoms with Gasteiger partial charge >= 0.3 is 18.0 Å². The van der Waals surface area contributed by atoms with Gasteiger partial charge in [0.15, 0.2) is 0 Å². The third-order valence-corrected chi connectivity index (χ3v) is 2.68. The van der Waals surface area contributed by atoms with Crippen LogP contribution in [0, 0.1) is 0 Å². The number of amides is 2. The van der Waals surface area contributed by atoms with E-state index in [0.717, 1.165) is 5.56 Å². The van der Waals surface area contributed by atoms with Gasteiger partial charge < -0.3 is 20.5 Å². The first-order valence-electron chi connectivity index (χ1n) is 6.24. The van der Waals surface area contributed by atoms with Crippen LogP contribution >= 0.6 is 0 Å². The van der Waals surface area contributed by atoms with E-state index in [9.17, 15) is 14.4 Å². The van der Waals surface area contributed by atoms with Gasteiger partial charge in [0, 0.05) is 31.8 Å². The van der Waals surface area contributed by atoms with Crippen LogP contribution in [0.25, 0.3) is 0 Å². The number of rotatable bonds is 7. The summed E-state index contributed by atoms with van der Waals surface area (Å²) in [5.74, 6) is -1.74. The molecule has 1 rings (SSSR count). The van der Waals surface area contributed by atoms with Crippen molar-refractivity contribution in [2.75, 3.05) is 7.11 Å². The van der Waals surface area contributed by atoms with E-state index in [1.165, 1.54) is 7.11 Å². The van der Waals surface area contributed by atoms with Crippen molar-refractivity contribution in [2.45, 2.75) is 25.4 Å². The molecule has 0 bridgehead atoms. The molecule has 0 saturated carbocycles. The Morgan fingerprint density at radius 2 is 2.19 bits per heavy atom. The molecule has 2 amide bonds. The van der Waals surface area contributed by atoms with Gasteiger partial charge in [0.1, 0.15) is 6.04 Å². The Hall–Kier alpha value is -2.58.